The third-order valence-electron chi connectivity index (χ3n) is 2.85. The van der Waals surface area contributed by atoms with Crippen LogP contribution in [0, 0.1) is 0 Å². The van der Waals surface area contributed by atoms with Crippen molar-refractivity contribution in [3.8, 4) is 0 Å². The highest BCUT2D eigenvalue weighted by atomic mass is 19.4. The van der Waals surface area contributed by atoms with E-state index < -0.39 is 23.8 Å². The number of aliphatic carboxylic acids is 1. The Morgan fingerprint density at radius 3 is 2.68 bits per heavy atom. The molecule has 0 aliphatic carbocycles. The number of hydrogen-bond acceptors (Lipinski definition) is 2. The SMILES string of the molecule is N[C@@H](Cc1c[nH]c2ccc(C(F)(F)F)cc12)C(=O)O. The number of carboxylic acid groups (broad SMARTS) is 1. The van der Waals surface area contributed by atoms with Crippen LogP contribution in [-0.4, -0.2) is 22.1 Å². The Morgan fingerprint density at radius 1 is 1.42 bits per heavy atom. The molecule has 0 saturated heterocycles. The first kappa shape index (κ1) is 13.4. The van der Waals surface area contributed by atoms with E-state index in [0.29, 0.717) is 16.5 Å². The van der Waals surface area contributed by atoms with Gasteiger partial charge in [0.05, 0.1) is 5.56 Å². The van der Waals surface area contributed by atoms with Crippen molar-refractivity contribution in [2.45, 2.75) is 18.6 Å². The van der Waals surface area contributed by atoms with Crippen LogP contribution in [-0.2, 0) is 17.4 Å². The standard InChI is InChI=1S/C12H11F3N2O2/c13-12(14,15)7-1-2-10-8(4-7)6(5-17-10)3-9(16)11(18)19/h1-2,4-5,9,17H,3,16H2,(H,18,19)/t9-/m0/s1. The number of nitrogens with one attached hydrogen (secondary N) is 1. The van der Waals surface area contributed by atoms with Gasteiger partial charge in [0.1, 0.15) is 6.04 Å². The Morgan fingerprint density at radius 2 is 2.11 bits per heavy atom. The highest BCUT2D eigenvalue weighted by molar-refractivity contribution is 5.85. The first-order valence-electron chi connectivity index (χ1n) is 5.44. The summed E-state index contributed by atoms with van der Waals surface area (Å²) < 4.78 is 37.8. The van der Waals surface area contributed by atoms with Crippen LogP contribution in [0.3, 0.4) is 0 Å². The summed E-state index contributed by atoms with van der Waals surface area (Å²) in [5.41, 5.74) is 5.58. The van der Waals surface area contributed by atoms with E-state index in [2.05, 4.69) is 4.98 Å². The summed E-state index contributed by atoms with van der Waals surface area (Å²) in [5, 5.41) is 9.06. The van der Waals surface area contributed by atoms with Crippen molar-refractivity contribution in [1.82, 2.24) is 4.98 Å². The van der Waals surface area contributed by atoms with Crippen LogP contribution >= 0.6 is 0 Å². The topological polar surface area (TPSA) is 79.1 Å². The number of hydrogen-bond donors (Lipinski definition) is 3. The summed E-state index contributed by atoms with van der Waals surface area (Å²) in [7, 11) is 0. The Hall–Kier alpha value is -2.02. The molecule has 2 rings (SSSR count). The third-order valence-corrected chi connectivity index (χ3v) is 2.85. The van der Waals surface area contributed by atoms with Crippen molar-refractivity contribution >= 4 is 16.9 Å². The molecule has 1 heterocycles. The Bertz CT molecular complexity index is 619. The van der Waals surface area contributed by atoms with Gasteiger partial charge < -0.3 is 15.8 Å². The Labute approximate surface area is 106 Å². The maximum Gasteiger partial charge on any atom is 0.416 e. The van der Waals surface area contributed by atoms with E-state index in [4.69, 9.17) is 10.8 Å². The molecule has 0 amide bonds. The van der Waals surface area contributed by atoms with Gasteiger partial charge in [-0.05, 0) is 23.8 Å². The Kier molecular flexibility index (Phi) is 3.23. The van der Waals surface area contributed by atoms with Gasteiger partial charge in [0, 0.05) is 23.5 Å². The maximum atomic E-state index is 12.6. The van der Waals surface area contributed by atoms with Crippen LogP contribution in [0.4, 0.5) is 13.2 Å². The molecule has 1 aromatic carbocycles. The van der Waals surface area contributed by atoms with Gasteiger partial charge in [-0.25, -0.2) is 0 Å². The zero-order valence-electron chi connectivity index (χ0n) is 9.66. The monoisotopic (exact) mass is 272 g/mol. The molecule has 4 nitrogen and oxygen atoms in total. The normalized spacial score (nSPS) is 13.7. The van der Waals surface area contributed by atoms with Gasteiger partial charge in [0.15, 0.2) is 0 Å². The molecule has 4 N–H and O–H groups in total. The predicted octanol–water partition coefficient (Wildman–Crippen LogP) is 2.14. The molecule has 0 spiro atoms. The fourth-order valence-electron chi connectivity index (χ4n) is 1.85. The molecular weight excluding hydrogens is 261 g/mol. The summed E-state index contributed by atoms with van der Waals surface area (Å²) in [6.07, 6.45) is -2.98. The number of carbonyl (C=O) groups is 1. The second-order valence-corrected chi connectivity index (χ2v) is 4.22. The molecule has 0 unspecified atom stereocenters. The lowest BCUT2D eigenvalue weighted by molar-refractivity contribution is -0.139. The van der Waals surface area contributed by atoms with Gasteiger partial charge in [0.25, 0.3) is 0 Å². The second-order valence-electron chi connectivity index (χ2n) is 4.22. The molecule has 2 aromatic rings. The van der Waals surface area contributed by atoms with E-state index in [1.165, 1.54) is 12.3 Å². The van der Waals surface area contributed by atoms with Gasteiger partial charge in [-0.15, -0.1) is 0 Å². The summed E-state index contributed by atoms with van der Waals surface area (Å²) in [5.74, 6) is -1.19. The van der Waals surface area contributed by atoms with Crippen molar-refractivity contribution in [2.75, 3.05) is 0 Å². The number of aromatic amines is 1. The minimum Gasteiger partial charge on any atom is -0.480 e. The van der Waals surface area contributed by atoms with Crippen molar-refractivity contribution in [2.24, 2.45) is 5.73 Å². The summed E-state index contributed by atoms with van der Waals surface area (Å²) in [6, 6.07) is 2.14. The lowest BCUT2D eigenvalue weighted by atomic mass is 10.0. The second kappa shape index (κ2) is 4.58. The highest BCUT2D eigenvalue weighted by Gasteiger charge is 2.30. The predicted molar refractivity (Wildman–Crippen MR) is 62.6 cm³/mol. The smallest absolute Gasteiger partial charge is 0.416 e. The van der Waals surface area contributed by atoms with E-state index in [-0.39, 0.29) is 6.42 Å². The summed E-state index contributed by atoms with van der Waals surface area (Å²) in [6.45, 7) is 0. The number of fused-ring (bicyclic) bond motifs is 1. The number of aromatic nitrogens is 1. The van der Waals surface area contributed by atoms with Gasteiger partial charge in [-0.1, -0.05) is 0 Å². The maximum absolute atomic E-state index is 12.6. The molecule has 0 fully saturated rings. The highest BCUT2D eigenvalue weighted by Crippen LogP contribution is 2.32. The van der Waals surface area contributed by atoms with Gasteiger partial charge >= 0.3 is 12.1 Å². The number of alkyl halides is 3. The first-order valence-corrected chi connectivity index (χ1v) is 5.44. The van der Waals surface area contributed by atoms with Crippen molar-refractivity contribution < 1.29 is 23.1 Å². The van der Waals surface area contributed by atoms with Crippen LogP contribution in [0.15, 0.2) is 24.4 Å². The molecule has 0 aliphatic heterocycles. The van der Waals surface area contributed by atoms with E-state index >= 15 is 0 Å². The molecule has 0 saturated carbocycles. The number of benzene rings is 1. The van der Waals surface area contributed by atoms with Crippen LogP contribution < -0.4 is 5.73 Å². The van der Waals surface area contributed by atoms with E-state index in [9.17, 15) is 18.0 Å². The molecule has 0 aliphatic rings. The van der Waals surface area contributed by atoms with E-state index in [1.54, 1.807) is 0 Å². The minimum absolute atomic E-state index is 0.0311. The average molecular weight is 272 g/mol. The number of nitrogens with two attached hydrogens (primary N) is 1. The van der Waals surface area contributed by atoms with Crippen LogP contribution in [0.2, 0.25) is 0 Å². The molecule has 7 heteroatoms. The first-order chi connectivity index (χ1) is 8.79. The number of H-pyrrole nitrogens is 1. The molecule has 0 radical (unpaired) electrons. The number of rotatable bonds is 3. The lowest BCUT2D eigenvalue weighted by Gasteiger charge is -2.08. The number of carboxylic acids is 1. The van der Waals surface area contributed by atoms with Gasteiger partial charge in [-0.3, -0.25) is 4.79 Å². The van der Waals surface area contributed by atoms with Crippen molar-refractivity contribution in [1.29, 1.82) is 0 Å². The van der Waals surface area contributed by atoms with E-state index in [1.807, 2.05) is 0 Å². The van der Waals surface area contributed by atoms with Gasteiger partial charge in [0.2, 0.25) is 0 Å². The molecule has 1 atom stereocenters. The third kappa shape index (κ3) is 2.70. The fraction of sp³-hybridized carbons (Fsp3) is 0.250. The fourth-order valence-corrected chi connectivity index (χ4v) is 1.85. The summed E-state index contributed by atoms with van der Waals surface area (Å²) >= 11 is 0. The van der Waals surface area contributed by atoms with Crippen LogP contribution in [0.5, 0.6) is 0 Å². The quantitative estimate of drug-likeness (QED) is 0.801. The largest absolute Gasteiger partial charge is 0.480 e. The van der Waals surface area contributed by atoms with Crippen LogP contribution in [0.1, 0.15) is 11.1 Å². The number of halogens is 3. The zero-order valence-corrected chi connectivity index (χ0v) is 9.66. The van der Waals surface area contributed by atoms with Crippen molar-refractivity contribution in [3.05, 3.63) is 35.5 Å². The van der Waals surface area contributed by atoms with Gasteiger partial charge in [-0.2, -0.15) is 13.2 Å². The minimum atomic E-state index is -4.43. The van der Waals surface area contributed by atoms with Crippen LogP contribution in [0.25, 0.3) is 10.9 Å². The molecule has 0 bridgehead atoms. The molecule has 1 aromatic heterocycles. The van der Waals surface area contributed by atoms with E-state index in [0.717, 1.165) is 12.1 Å². The average Bonchev–Trinajstić information content (AvgIpc) is 2.70. The summed E-state index contributed by atoms with van der Waals surface area (Å²) in [4.78, 5) is 13.5. The molecule has 19 heavy (non-hydrogen) atoms. The van der Waals surface area contributed by atoms with Crippen molar-refractivity contribution in [3.63, 3.8) is 0 Å². The lowest BCUT2D eigenvalue weighted by Crippen LogP contribution is -2.32. The Balaban J connectivity index is 2.43. The molecular formula is C12H11F3N2O2. The molecule has 102 valence electrons. The zero-order chi connectivity index (χ0) is 14.2.